The van der Waals surface area contributed by atoms with Crippen molar-refractivity contribution in [2.75, 3.05) is 6.61 Å². The number of hydrogen-bond donors (Lipinski definition) is 2. The van der Waals surface area contributed by atoms with E-state index >= 15 is 0 Å². The van der Waals surface area contributed by atoms with Gasteiger partial charge in [-0.1, -0.05) is 0 Å². The van der Waals surface area contributed by atoms with Gasteiger partial charge in [0.05, 0.1) is 6.61 Å². The smallest absolute Gasteiger partial charge is 0.190 e. The number of fused-ring (bicyclic) bond motifs is 1. The Labute approximate surface area is 114 Å². The normalized spacial score (nSPS) is 39.3. The van der Waals surface area contributed by atoms with E-state index in [9.17, 15) is 5.11 Å². The van der Waals surface area contributed by atoms with Crippen LogP contribution in [0.25, 0.3) is 0 Å². The summed E-state index contributed by atoms with van der Waals surface area (Å²) in [5.74, 6) is -0.717. The summed E-state index contributed by atoms with van der Waals surface area (Å²) in [6, 6.07) is 0. The Kier molecular flexibility index (Phi) is 4.10. The van der Waals surface area contributed by atoms with Gasteiger partial charge in [-0.05, 0) is 33.5 Å². The highest BCUT2D eigenvalue weighted by molar-refractivity contribution is 6.69. The first-order chi connectivity index (χ1) is 8.63. The van der Waals surface area contributed by atoms with Gasteiger partial charge < -0.3 is 28.8 Å². The lowest BCUT2D eigenvalue weighted by molar-refractivity contribution is -0.226. The van der Waals surface area contributed by atoms with Gasteiger partial charge in [0, 0.05) is 0 Å². The topological polar surface area (TPSA) is 77.4 Å². The molecule has 19 heavy (non-hydrogen) atoms. The van der Waals surface area contributed by atoms with Crippen LogP contribution in [-0.2, 0) is 18.6 Å². The van der Waals surface area contributed by atoms with E-state index in [-0.39, 0.29) is 12.7 Å². The Morgan fingerprint density at radius 2 is 1.89 bits per heavy atom. The van der Waals surface area contributed by atoms with Gasteiger partial charge in [0.25, 0.3) is 0 Å². The van der Waals surface area contributed by atoms with Crippen molar-refractivity contribution in [1.82, 2.24) is 0 Å². The van der Waals surface area contributed by atoms with Crippen LogP contribution in [-0.4, -0.2) is 61.6 Å². The van der Waals surface area contributed by atoms with Crippen LogP contribution < -0.4 is 0 Å². The third-order valence-electron chi connectivity index (χ3n) is 3.08. The largest absolute Gasteiger partial charge is 0.409 e. The third-order valence-corrected chi connectivity index (χ3v) is 4.06. The molecule has 2 saturated heterocycles. The second-order valence-corrected chi connectivity index (χ2v) is 11.0. The highest BCUT2D eigenvalue weighted by atomic mass is 28.4. The molecule has 2 heterocycles. The molecule has 0 aromatic rings. The Hall–Kier alpha value is -0.0231. The Balaban J connectivity index is 2.16. The lowest BCUT2D eigenvalue weighted by Gasteiger charge is -2.32. The molecule has 0 radical (unpaired) electrons. The van der Waals surface area contributed by atoms with Gasteiger partial charge >= 0.3 is 0 Å². The minimum Gasteiger partial charge on any atom is -0.409 e. The van der Waals surface area contributed by atoms with E-state index in [4.69, 9.17) is 23.7 Å². The van der Waals surface area contributed by atoms with Crippen LogP contribution in [0.15, 0.2) is 0 Å². The van der Waals surface area contributed by atoms with Gasteiger partial charge in [-0.2, -0.15) is 0 Å². The fraction of sp³-hybridized carbons (Fsp3) is 1.00. The second kappa shape index (κ2) is 5.07. The van der Waals surface area contributed by atoms with Gasteiger partial charge in [0.2, 0.25) is 0 Å². The SMILES string of the molecule is CC1(C)O[C@H]2O[C@H]([C@@H](O)CO)[C@H](O[Si](C)(C)C)[C@H]2O1. The maximum Gasteiger partial charge on any atom is 0.190 e. The van der Waals surface area contributed by atoms with Crippen molar-refractivity contribution in [2.45, 2.75) is 70.0 Å². The minimum absolute atomic E-state index is 0.368. The van der Waals surface area contributed by atoms with E-state index < -0.39 is 38.7 Å². The lowest BCUT2D eigenvalue weighted by Crippen LogP contribution is -2.48. The molecule has 0 aromatic carbocycles. The van der Waals surface area contributed by atoms with E-state index in [1.807, 2.05) is 13.8 Å². The van der Waals surface area contributed by atoms with Crippen molar-refractivity contribution < 1.29 is 28.8 Å². The van der Waals surface area contributed by atoms with Gasteiger partial charge in [-0.3, -0.25) is 0 Å². The monoisotopic (exact) mass is 292 g/mol. The molecule has 2 aliphatic heterocycles. The average molecular weight is 292 g/mol. The highest BCUT2D eigenvalue weighted by Crippen LogP contribution is 2.40. The van der Waals surface area contributed by atoms with Crippen LogP contribution in [0.3, 0.4) is 0 Å². The summed E-state index contributed by atoms with van der Waals surface area (Å²) in [6.07, 6.45) is -2.96. The van der Waals surface area contributed by atoms with Gasteiger partial charge in [-0.25, -0.2) is 0 Å². The number of ether oxygens (including phenoxy) is 3. The number of rotatable bonds is 4. The zero-order valence-corrected chi connectivity index (χ0v) is 13.1. The molecule has 2 aliphatic rings. The first kappa shape index (κ1) is 15.4. The quantitative estimate of drug-likeness (QED) is 0.732. The fourth-order valence-electron chi connectivity index (χ4n) is 2.46. The first-order valence-electron chi connectivity index (χ1n) is 6.61. The summed E-state index contributed by atoms with van der Waals surface area (Å²) < 4.78 is 23.2. The van der Waals surface area contributed by atoms with Crippen molar-refractivity contribution in [1.29, 1.82) is 0 Å². The zero-order chi connectivity index (χ0) is 14.4. The molecule has 0 spiro atoms. The zero-order valence-electron chi connectivity index (χ0n) is 12.1. The standard InChI is InChI=1S/C12H24O6Si/c1-12(2)16-10-9(18-19(3,4)5)8(7(14)6-13)15-11(10)17-12/h7-11,13-14H,6H2,1-5H3/t7-,8+,9-,10+,11+/m0/s1. The lowest BCUT2D eigenvalue weighted by atomic mass is 10.1. The number of aliphatic hydroxyl groups excluding tert-OH is 2. The van der Waals surface area contributed by atoms with Crippen molar-refractivity contribution in [3.05, 3.63) is 0 Å². The van der Waals surface area contributed by atoms with Crippen LogP contribution in [0, 0.1) is 0 Å². The van der Waals surface area contributed by atoms with Crippen LogP contribution >= 0.6 is 0 Å². The Morgan fingerprint density at radius 3 is 2.42 bits per heavy atom. The van der Waals surface area contributed by atoms with Crippen LogP contribution in [0.1, 0.15) is 13.8 Å². The molecule has 2 fully saturated rings. The van der Waals surface area contributed by atoms with Crippen molar-refractivity contribution in [3.8, 4) is 0 Å². The molecule has 112 valence electrons. The summed E-state index contributed by atoms with van der Waals surface area (Å²) in [5, 5.41) is 19.0. The maximum atomic E-state index is 9.86. The van der Waals surface area contributed by atoms with Crippen LogP contribution in [0.5, 0.6) is 0 Å². The van der Waals surface area contributed by atoms with E-state index in [1.54, 1.807) is 0 Å². The van der Waals surface area contributed by atoms with E-state index in [1.165, 1.54) is 0 Å². The molecule has 6 nitrogen and oxygen atoms in total. The molecule has 7 heteroatoms. The Morgan fingerprint density at radius 1 is 1.26 bits per heavy atom. The van der Waals surface area contributed by atoms with Crippen molar-refractivity contribution in [3.63, 3.8) is 0 Å². The third kappa shape index (κ3) is 3.36. The van der Waals surface area contributed by atoms with Gasteiger partial charge in [0.15, 0.2) is 20.4 Å². The summed E-state index contributed by atoms with van der Waals surface area (Å²) >= 11 is 0. The van der Waals surface area contributed by atoms with Crippen LogP contribution in [0.2, 0.25) is 19.6 Å². The fourth-order valence-corrected chi connectivity index (χ4v) is 3.54. The summed E-state index contributed by atoms with van der Waals surface area (Å²) in [5.41, 5.74) is 0. The molecular formula is C12H24O6Si. The summed E-state index contributed by atoms with van der Waals surface area (Å²) in [6.45, 7) is 9.44. The summed E-state index contributed by atoms with van der Waals surface area (Å²) in [4.78, 5) is 0. The molecule has 5 atom stereocenters. The molecule has 0 aromatic heterocycles. The van der Waals surface area contributed by atoms with E-state index in [2.05, 4.69) is 19.6 Å². The van der Waals surface area contributed by atoms with Gasteiger partial charge in [0.1, 0.15) is 24.4 Å². The molecular weight excluding hydrogens is 268 g/mol. The van der Waals surface area contributed by atoms with Crippen molar-refractivity contribution >= 4 is 8.32 Å². The Bertz CT molecular complexity index is 329. The van der Waals surface area contributed by atoms with E-state index in [0.717, 1.165) is 0 Å². The maximum absolute atomic E-state index is 9.86. The van der Waals surface area contributed by atoms with E-state index in [0.29, 0.717) is 0 Å². The summed E-state index contributed by atoms with van der Waals surface area (Å²) in [7, 11) is -1.84. The average Bonchev–Trinajstić information content (AvgIpc) is 2.70. The second-order valence-electron chi connectivity index (χ2n) is 6.51. The molecule has 2 rings (SSSR count). The van der Waals surface area contributed by atoms with Gasteiger partial charge in [-0.15, -0.1) is 0 Å². The predicted molar refractivity (Wildman–Crippen MR) is 70.0 cm³/mol. The minimum atomic E-state index is -1.84. The number of aliphatic hydroxyl groups is 2. The van der Waals surface area contributed by atoms with Crippen molar-refractivity contribution in [2.24, 2.45) is 0 Å². The molecule has 2 N–H and O–H groups in total. The first-order valence-corrected chi connectivity index (χ1v) is 10.0. The van der Waals surface area contributed by atoms with Crippen LogP contribution in [0.4, 0.5) is 0 Å². The molecule has 0 saturated carbocycles. The highest BCUT2D eigenvalue weighted by Gasteiger charge is 2.57. The molecule has 0 bridgehead atoms. The molecule has 0 aliphatic carbocycles. The predicted octanol–water partition coefficient (Wildman–Crippen LogP) is 0.436. The number of hydrogen-bond acceptors (Lipinski definition) is 6. The molecule has 0 amide bonds. The molecule has 0 unspecified atom stereocenters.